The van der Waals surface area contributed by atoms with Gasteiger partial charge in [0.2, 0.25) is 0 Å². The van der Waals surface area contributed by atoms with Gasteiger partial charge in [-0.15, -0.1) is 0 Å². The summed E-state index contributed by atoms with van der Waals surface area (Å²) in [6, 6.07) is 2.14. The Morgan fingerprint density at radius 3 is 2.86 bits per heavy atom. The first-order chi connectivity index (χ1) is 10.0. The summed E-state index contributed by atoms with van der Waals surface area (Å²) in [4.78, 5) is 11.9. The molecule has 0 spiro atoms. The van der Waals surface area contributed by atoms with Crippen LogP contribution in [0, 0.1) is 25.7 Å². The fourth-order valence-electron chi connectivity index (χ4n) is 3.78. The fraction of sp³-hybridized carbons (Fsp3) is 0.611. The molecule has 3 atom stereocenters. The SMILES string of the molecule is CCCOc1cc(C)c2c(c1C)[C@@H]1OC(=O)[C@@H](C)[C@@H]1CC2. The lowest BCUT2D eigenvalue weighted by molar-refractivity contribution is -0.144. The molecule has 0 amide bonds. The van der Waals surface area contributed by atoms with Gasteiger partial charge in [0.25, 0.3) is 0 Å². The number of benzene rings is 1. The summed E-state index contributed by atoms with van der Waals surface area (Å²) in [7, 11) is 0. The highest BCUT2D eigenvalue weighted by molar-refractivity contribution is 5.76. The monoisotopic (exact) mass is 288 g/mol. The van der Waals surface area contributed by atoms with Crippen LogP contribution in [0.4, 0.5) is 0 Å². The summed E-state index contributed by atoms with van der Waals surface area (Å²) in [5, 5.41) is 0. The maximum absolute atomic E-state index is 11.9. The average molecular weight is 288 g/mol. The summed E-state index contributed by atoms with van der Waals surface area (Å²) in [6.45, 7) is 9.07. The lowest BCUT2D eigenvalue weighted by Gasteiger charge is -2.31. The minimum atomic E-state index is -0.0693. The Balaban J connectivity index is 2.06. The highest BCUT2D eigenvalue weighted by Gasteiger charge is 2.46. The second-order valence-corrected chi connectivity index (χ2v) is 6.41. The first-order valence-corrected chi connectivity index (χ1v) is 8.00. The molecule has 3 rings (SSSR count). The Kier molecular flexibility index (Phi) is 3.68. The van der Waals surface area contributed by atoms with Crippen molar-refractivity contribution in [2.75, 3.05) is 6.61 Å². The van der Waals surface area contributed by atoms with Crippen LogP contribution in [-0.4, -0.2) is 12.6 Å². The Labute approximate surface area is 126 Å². The van der Waals surface area contributed by atoms with E-state index in [9.17, 15) is 4.79 Å². The second kappa shape index (κ2) is 5.36. The molecule has 2 aliphatic rings. The third-order valence-electron chi connectivity index (χ3n) is 5.04. The molecule has 1 aromatic carbocycles. The molecule has 1 saturated heterocycles. The molecule has 0 saturated carbocycles. The van der Waals surface area contributed by atoms with Gasteiger partial charge in [-0.25, -0.2) is 0 Å². The smallest absolute Gasteiger partial charge is 0.309 e. The third kappa shape index (κ3) is 2.23. The third-order valence-corrected chi connectivity index (χ3v) is 5.04. The van der Waals surface area contributed by atoms with Gasteiger partial charge in [0.05, 0.1) is 12.5 Å². The van der Waals surface area contributed by atoms with Crippen molar-refractivity contribution in [3.8, 4) is 5.75 Å². The van der Waals surface area contributed by atoms with Gasteiger partial charge >= 0.3 is 5.97 Å². The highest BCUT2D eigenvalue weighted by Crippen LogP contribution is 2.49. The first kappa shape index (κ1) is 14.4. The van der Waals surface area contributed by atoms with Crippen molar-refractivity contribution in [3.05, 3.63) is 28.3 Å². The van der Waals surface area contributed by atoms with Gasteiger partial charge < -0.3 is 9.47 Å². The number of esters is 1. The molecule has 1 heterocycles. The number of carbonyl (C=O) groups excluding carboxylic acids is 1. The molecular weight excluding hydrogens is 264 g/mol. The van der Waals surface area contributed by atoms with Crippen molar-refractivity contribution in [2.45, 2.75) is 53.1 Å². The Morgan fingerprint density at radius 2 is 2.14 bits per heavy atom. The molecule has 3 nitrogen and oxygen atoms in total. The standard InChI is InChI=1S/C18H24O3/c1-5-8-20-15-9-10(2)13-6-7-14-11(3)18(19)21-17(14)16(13)12(15)4/h9,11,14,17H,5-8H2,1-4H3/t11-,14-,17+/m0/s1. The number of fused-ring (bicyclic) bond motifs is 3. The van der Waals surface area contributed by atoms with E-state index in [1.807, 2.05) is 6.92 Å². The minimum Gasteiger partial charge on any atom is -0.493 e. The number of ether oxygens (including phenoxy) is 2. The van der Waals surface area contributed by atoms with Crippen molar-refractivity contribution in [2.24, 2.45) is 11.8 Å². The van der Waals surface area contributed by atoms with E-state index >= 15 is 0 Å². The van der Waals surface area contributed by atoms with Crippen LogP contribution in [0.5, 0.6) is 5.75 Å². The highest BCUT2D eigenvalue weighted by atomic mass is 16.6. The van der Waals surface area contributed by atoms with Crippen molar-refractivity contribution in [1.29, 1.82) is 0 Å². The van der Waals surface area contributed by atoms with E-state index in [1.54, 1.807) is 0 Å². The lowest BCUT2D eigenvalue weighted by Crippen LogP contribution is -2.22. The molecule has 3 heteroatoms. The van der Waals surface area contributed by atoms with Crippen LogP contribution in [0.2, 0.25) is 0 Å². The summed E-state index contributed by atoms with van der Waals surface area (Å²) in [5.41, 5.74) is 4.99. The molecule has 1 aromatic rings. The van der Waals surface area contributed by atoms with E-state index in [1.165, 1.54) is 16.7 Å². The molecule has 0 bridgehead atoms. The maximum Gasteiger partial charge on any atom is 0.309 e. The Bertz CT molecular complexity index is 576. The van der Waals surface area contributed by atoms with Crippen molar-refractivity contribution >= 4 is 5.97 Å². The van der Waals surface area contributed by atoms with Crippen molar-refractivity contribution < 1.29 is 14.3 Å². The van der Waals surface area contributed by atoms with Crippen molar-refractivity contribution in [3.63, 3.8) is 0 Å². The molecule has 0 aromatic heterocycles. The predicted octanol–water partition coefficient (Wildman–Crippen LogP) is 3.89. The summed E-state index contributed by atoms with van der Waals surface area (Å²) in [5.74, 6) is 1.24. The largest absolute Gasteiger partial charge is 0.493 e. The fourth-order valence-corrected chi connectivity index (χ4v) is 3.78. The van der Waals surface area contributed by atoms with Gasteiger partial charge in [0, 0.05) is 11.5 Å². The normalized spacial score (nSPS) is 27.0. The van der Waals surface area contributed by atoms with E-state index in [-0.39, 0.29) is 18.0 Å². The quantitative estimate of drug-likeness (QED) is 0.792. The van der Waals surface area contributed by atoms with E-state index in [0.29, 0.717) is 5.92 Å². The van der Waals surface area contributed by atoms with Gasteiger partial charge in [0.1, 0.15) is 11.9 Å². The zero-order valence-corrected chi connectivity index (χ0v) is 13.4. The molecule has 114 valence electrons. The molecule has 1 fully saturated rings. The van der Waals surface area contributed by atoms with Gasteiger partial charge in [0.15, 0.2) is 0 Å². The molecule has 1 aliphatic heterocycles. The Morgan fingerprint density at radius 1 is 1.38 bits per heavy atom. The summed E-state index contributed by atoms with van der Waals surface area (Å²) < 4.78 is 11.6. The summed E-state index contributed by atoms with van der Waals surface area (Å²) >= 11 is 0. The van der Waals surface area contributed by atoms with Crippen LogP contribution in [0.1, 0.15) is 55.0 Å². The van der Waals surface area contributed by atoms with Crippen LogP contribution in [0.3, 0.4) is 0 Å². The van der Waals surface area contributed by atoms with Crippen LogP contribution < -0.4 is 4.74 Å². The minimum absolute atomic E-state index is 0.0167. The topological polar surface area (TPSA) is 35.5 Å². The molecule has 1 aliphatic carbocycles. The molecule has 0 radical (unpaired) electrons. The van der Waals surface area contributed by atoms with E-state index in [0.717, 1.165) is 37.2 Å². The number of aryl methyl sites for hydroxylation is 1. The zero-order chi connectivity index (χ0) is 15.1. The van der Waals surface area contributed by atoms with Gasteiger partial charge in [-0.1, -0.05) is 13.8 Å². The number of hydrogen-bond acceptors (Lipinski definition) is 3. The number of carbonyl (C=O) groups is 1. The molecule has 0 N–H and O–H groups in total. The van der Waals surface area contributed by atoms with Crippen molar-refractivity contribution in [1.82, 2.24) is 0 Å². The maximum atomic E-state index is 11.9. The van der Waals surface area contributed by atoms with E-state index in [4.69, 9.17) is 9.47 Å². The molecule has 21 heavy (non-hydrogen) atoms. The second-order valence-electron chi connectivity index (χ2n) is 6.41. The zero-order valence-electron chi connectivity index (χ0n) is 13.4. The van der Waals surface area contributed by atoms with Crippen LogP contribution in [0.15, 0.2) is 6.07 Å². The summed E-state index contributed by atoms with van der Waals surface area (Å²) in [6.07, 6.45) is 3.01. The van der Waals surface area contributed by atoms with Gasteiger partial charge in [-0.3, -0.25) is 4.79 Å². The van der Waals surface area contributed by atoms with Crippen LogP contribution >= 0.6 is 0 Å². The Hall–Kier alpha value is -1.51. The van der Waals surface area contributed by atoms with Gasteiger partial charge in [-0.05, 0) is 55.9 Å². The lowest BCUT2D eigenvalue weighted by atomic mass is 9.74. The number of rotatable bonds is 3. The first-order valence-electron chi connectivity index (χ1n) is 8.00. The average Bonchev–Trinajstić information content (AvgIpc) is 2.76. The van der Waals surface area contributed by atoms with Gasteiger partial charge in [-0.2, -0.15) is 0 Å². The van der Waals surface area contributed by atoms with Crippen LogP contribution in [0.25, 0.3) is 0 Å². The van der Waals surface area contributed by atoms with E-state index < -0.39 is 0 Å². The predicted molar refractivity (Wildman–Crippen MR) is 81.5 cm³/mol. The van der Waals surface area contributed by atoms with Crippen LogP contribution in [-0.2, 0) is 16.0 Å². The molecular formula is C18H24O3. The molecule has 0 unspecified atom stereocenters. The number of hydrogen-bond donors (Lipinski definition) is 0. The van der Waals surface area contributed by atoms with E-state index in [2.05, 4.69) is 26.8 Å².